The highest BCUT2D eigenvalue weighted by Crippen LogP contribution is 2.08. The zero-order valence-corrected chi connectivity index (χ0v) is 12.8. The summed E-state index contributed by atoms with van der Waals surface area (Å²) in [6.07, 6.45) is 2.16. The molecule has 3 nitrogen and oxygen atoms in total. The van der Waals surface area contributed by atoms with Crippen LogP contribution in [0.2, 0.25) is 0 Å². The van der Waals surface area contributed by atoms with Crippen molar-refractivity contribution < 1.29 is 9.18 Å². The number of hydrazone groups is 1. The van der Waals surface area contributed by atoms with Crippen molar-refractivity contribution in [1.82, 2.24) is 5.43 Å². The van der Waals surface area contributed by atoms with Crippen molar-refractivity contribution in [3.63, 3.8) is 0 Å². The van der Waals surface area contributed by atoms with Gasteiger partial charge in [0, 0.05) is 5.56 Å². The summed E-state index contributed by atoms with van der Waals surface area (Å²) in [7, 11) is 0. The molecule has 0 atom stereocenters. The van der Waals surface area contributed by atoms with Crippen molar-refractivity contribution in [1.29, 1.82) is 0 Å². The molecule has 0 heterocycles. The van der Waals surface area contributed by atoms with E-state index in [1.54, 1.807) is 6.07 Å². The molecule has 2 rings (SSSR count). The first kappa shape index (κ1) is 15.9. The van der Waals surface area contributed by atoms with Crippen LogP contribution in [0.3, 0.4) is 0 Å². The Balaban J connectivity index is 2.04. The average molecular weight is 298 g/mol. The van der Waals surface area contributed by atoms with E-state index >= 15 is 0 Å². The zero-order chi connectivity index (χ0) is 15.9. The van der Waals surface area contributed by atoms with E-state index in [1.807, 2.05) is 19.1 Å². The lowest BCUT2D eigenvalue weighted by Gasteiger charge is -2.04. The summed E-state index contributed by atoms with van der Waals surface area (Å²) in [6.45, 7) is 3.96. The first-order chi connectivity index (χ1) is 10.6. The third-order valence-corrected chi connectivity index (χ3v) is 3.32. The van der Waals surface area contributed by atoms with E-state index in [0.717, 1.165) is 18.4 Å². The molecule has 0 saturated heterocycles. The van der Waals surface area contributed by atoms with E-state index in [4.69, 9.17) is 0 Å². The normalized spacial score (nSPS) is 11.3. The molecule has 0 bridgehead atoms. The predicted molar refractivity (Wildman–Crippen MR) is 86.5 cm³/mol. The Morgan fingerprint density at radius 3 is 2.50 bits per heavy atom. The molecular formula is C18H19FN2O. The van der Waals surface area contributed by atoms with Crippen LogP contribution in [0.1, 0.15) is 41.8 Å². The van der Waals surface area contributed by atoms with Gasteiger partial charge in [0.05, 0.1) is 5.71 Å². The maximum Gasteiger partial charge on any atom is 0.271 e. The lowest BCUT2D eigenvalue weighted by molar-refractivity contribution is 0.0954. The number of hydrogen-bond donors (Lipinski definition) is 1. The highest BCUT2D eigenvalue weighted by Gasteiger charge is 2.06. The van der Waals surface area contributed by atoms with Gasteiger partial charge < -0.3 is 0 Å². The van der Waals surface area contributed by atoms with Gasteiger partial charge in [-0.15, -0.1) is 0 Å². The summed E-state index contributed by atoms with van der Waals surface area (Å²) in [6, 6.07) is 13.6. The second kappa shape index (κ2) is 7.50. The summed E-state index contributed by atoms with van der Waals surface area (Å²) in [5.41, 5.74) is 5.62. The number of aryl methyl sites for hydroxylation is 1. The Kier molecular flexibility index (Phi) is 5.42. The topological polar surface area (TPSA) is 41.5 Å². The molecule has 0 aliphatic carbocycles. The largest absolute Gasteiger partial charge is 0.271 e. The number of hydrogen-bond acceptors (Lipinski definition) is 2. The van der Waals surface area contributed by atoms with Gasteiger partial charge in [-0.3, -0.25) is 4.79 Å². The molecule has 0 radical (unpaired) electrons. The molecule has 22 heavy (non-hydrogen) atoms. The SMILES string of the molecule is CCCc1ccc(C(C)=NNC(=O)c2cccc(F)c2)cc1. The van der Waals surface area contributed by atoms with Crippen LogP contribution in [0.25, 0.3) is 0 Å². The summed E-state index contributed by atoms with van der Waals surface area (Å²) in [5.74, 6) is -0.874. The number of carbonyl (C=O) groups is 1. The number of halogens is 1. The summed E-state index contributed by atoms with van der Waals surface area (Å²) >= 11 is 0. The Morgan fingerprint density at radius 1 is 1.14 bits per heavy atom. The third-order valence-electron chi connectivity index (χ3n) is 3.32. The van der Waals surface area contributed by atoms with Gasteiger partial charge in [0.2, 0.25) is 0 Å². The van der Waals surface area contributed by atoms with E-state index < -0.39 is 11.7 Å². The van der Waals surface area contributed by atoms with Crippen molar-refractivity contribution in [2.75, 3.05) is 0 Å². The van der Waals surface area contributed by atoms with Crippen LogP contribution in [0.5, 0.6) is 0 Å². The van der Waals surface area contributed by atoms with Crippen LogP contribution in [0, 0.1) is 5.82 Å². The Hall–Kier alpha value is -2.49. The van der Waals surface area contributed by atoms with E-state index in [-0.39, 0.29) is 5.56 Å². The number of nitrogens with zero attached hydrogens (tertiary/aromatic N) is 1. The van der Waals surface area contributed by atoms with Crippen LogP contribution < -0.4 is 5.43 Å². The van der Waals surface area contributed by atoms with Gasteiger partial charge in [0.15, 0.2) is 0 Å². The smallest absolute Gasteiger partial charge is 0.267 e. The lowest BCUT2D eigenvalue weighted by Crippen LogP contribution is -2.19. The predicted octanol–water partition coefficient (Wildman–Crippen LogP) is 3.93. The minimum atomic E-state index is -0.445. The Labute approximate surface area is 129 Å². The summed E-state index contributed by atoms with van der Waals surface area (Å²) in [4.78, 5) is 11.9. The van der Waals surface area contributed by atoms with Crippen molar-refractivity contribution in [2.45, 2.75) is 26.7 Å². The zero-order valence-electron chi connectivity index (χ0n) is 12.8. The molecule has 0 saturated carbocycles. The highest BCUT2D eigenvalue weighted by atomic mass is 19.1. The van der Waals surface area contributed by atoms with Crippen LogP contribution in [0.4, 0.5) is 4.39 Å². The molecule has 2 aromatic carbocycles. The molecule has 1 N–H and O–H groups in total. The van der Waals surface area contributed by atoms with Gasteiger partial charge in [0.25, 0.3) is 5.91 Å². The minimum absolute atomic E-state index is 0.245. The molecular weight excluding hydrogens is 279 g/mol. The van der Waals surface area contributed by atoms with Crippen molar-refractivity contribution in [3.05, 3.63) is 71.0 Å². The number of nitrogens with one attached hydrogen (secondary N) is 1. The van der Waals surface area contributed by atoms with E-state index in [9.17, 15) is 9.18 Å². The highest BCUT2D eigenvalue weighted by molar-refractivity contribution is 6.00. The number of benzene rings is 2. The van der Waals surface area contributed by atoms with Crippen molar-refractivity contribution in [3.8, 4) is 0 Å². The molecule has 0 unspecified atom stereocenters. The lowest BCUT2D eigenvalue weighted by atomic mass is 10.1. The van der Waals surface area contributed by atoms with Gasteiger partial charge in [-0.2, -0.15) is 5.10 Å². The molecule has 0 fully saturated rings. The molecule has 0 aromatic heterocycles. The summed E-state index contributed by atoms with van der Waals surface area (Å²) < 4.78 is 13.1. The van der Waals surface area contributed by atoms with Gasteiger partial charge in [-0.25, -0.2) is 9.82 Å². The fourth-order valence-electron chi connectivity index (χ4n) is 2.09. The third kappa shape index (κ3) is 4.25. The van der Waals surface area contributed by atoms with E-state index in [1.165, 1.54) is 23.8 Å². The van der Waals surface area contributed by atoms with Crippen LogP contribution in [0.15, 0.2) is 53.6 Å². The molecule has 2 aromatic rings. The molecule has 1 amide bonds. The van der Waals surface area contributed by atoms with Crippen LogP contribution in [-0.4, -0.2) is 11.6 Å². The molecule has 114 valence electrons. The van der Waals surface area contributed by atoms with Crippen molar-refractivity contribution in [2.24, 2.45) is 5.10 Å². The first-order valence-electron chi connectivity index (χ1n) is 7.29. The molecule has 0 aliphatic rings. The average Bonchev–Trinajstić information content (AvgIpc) is 2.53. The van der Waals surface area contributed by atoms with E-state index in [0.29, 0.717) is 5.71 Å². The van der Waals surface area contributed by atoms with Gasteiger partial charge in [-0.1, -0.05) is 43.7 Å². The fraction of sp³-hybridized carbons (Fsp3) is 0.222. The van der Waals surface area contributed by atoms with E-state index in [2.05, 4.69) is 29.6 Å². The minimum Gasteiger partial charge on any atom is -0.267 e. The van der Waals surface area contributed by atoms with Crippen LogP contribution >= 0.6 is 0 Å². The number of rotatable bonds is 5. The number of carbonyl (C=O) groups excluding carboxylic acids is 1. The second-order valence-electron chi connectivity index (χ2n) is 5.10. The maximum atomic E-state index is 13.1. The Bertz CT molecular complexity index is 678. The van der Waals surface area contributed by atoms with Gasteiger partial charge in [0.1, 0.15) is 5.82 Å². The first-order valence-corrected chi connectivity index (χ1v) is 7.29. The molecule has 4 heteroatoms. The summed E-state index contributed by atoms with van der Waals surface area (Å²) in [5, 5.41) is 4.07. The second-order valence-corrected chi connectivity index (χ2v) is 5.10. The van der Waals surface area contributed by atoms with Gasteiger partial charge in [-0.05, 0) is 42.7 Å². The fourth-order valence-corrected chi connectivity index (χ4v) is 2.09. The Morgan fingerprint density at radius 2 is 1.86 bits per heavy atom. The quantitative estimate of drug-likeness (QED) is 0.659. The number of amides is 1. The van der Waals surface area contributed by atoms with Crippen LogP contribution in [-0.2, 0) is 6.42 Å². The monoisotopic (exact) mass is 298 g/mol. The van der Waals surface area contributed by atoms with Gasteiger partial charge >= 0.3 is 0 Å². The molecule has 0 aliphatic heterocycles. The van der Waals surface area contributed by atoms with Crippen molar-refractivity contribution >= 4 is 11.6 Å². The molecule has 0 spiro atoms. The maximum absolute atomic E-state index is 13.1. The standard InChI is InChI=1S/C18H19FN2O/c1-3-5-14-8-10-15(11-9-14)13(2)20-21-18(22)16-6-4-7-17(19)12-16/h4,6-12H,3,5H2,1-2H3,(H,21,22).